The van der Waals surface area contributed by atoms with Gasteiger partial charge in [-0.15, -0.1) is 0 Å². The van der Waals surface area contributed by atoms with E-state index in [1.807, 2.05) is 54.6 Å². The summed E-state index contributed by atoms with van der Waals surface area (Å²) in [5.41, 5.74) is 1.87. The molecule has 1 aliphatic heterocycles. The summed E-state index contributed by atoms with van der Waals surface area (Å²) in [4.78, 5) is 25.9. The fourth-order valence-corrected chi connectivity index (χ4v) is 3.16. The van der Waals surface area contributed by atoms with Gasteiger partial charge in [-0.2, -0.15) is 0 Å². The molecule has 0 saturated carbocycles. The summed E-state index contributed by atoms with van der Waals surface area (Å²) in [5.74, 6) is -0.763. The Morgan fingerprint density at radius 2 is 1.84 bits per heavy atom. The number of carboxylic acids is 1. The number of ether oxygens (including phenoxy) is 1. The molecule has 1 aliphatic rings. The largest absolute Gasteiger partial charge is 0.492 e. The molecule has 2 aromatic rings. The maximum absolute atomic E-state index is 12.8. The first kappa shape index (κ1) is 17.0. The summed E-state index contributed by atoms with van der Waals surface area (Å²) in [7, 11) is 1.56. The van der Waals surface area contributed by atoms with Gasteiger partial charge in [0.1, 0.15) is 18.4 Å². The van der Waals surface area contributed by atoms with Crippen molar-refractivity contribution < 1.29 is 19.4 Å². The molecule has 5 nitrogen and oxygen atoms in total. The number of benzene rings is 2. The maximum Gasteiger partial charge on any atom is 0.326 e. The average molecular weight is 339 g/mol. The van der Waals surface area contributed by atoms with E-state index in [0.29, 0.717) is 6.42 Å². The maximum atomic E-state index is 12.8. The highest BCUT2D eigenvalue weighted by atomic mass is 16.5. The smallest absolute Gasteiger partial charge is 0.326 e. The number of hydrogen-bond acceptors (Lipinski definition) is 3. The minimum atomic E-state index is -1.00. The summed E-state index contributed by atoms with van der Waals surface area (Å²) in [6.07, 6.45) is 0.847. The third-order valence-corrected chi connectivity index (χ3v) is 4.60. The molecule has 3 rings (SSSR count). The summed E-state index contributed by atoms with van der Waals surface area (Å²) < 4.78 is 5.67. The van der Waals surface area contributed by atoms with E-state index in [1.165, 1.54) is 4.90 Å². The fourth-order valence-electron chi connectivity index (χ4n) is 3.16. The number of carbonyl (C=O) groups is 2. The molecule has 5 heteroatoms. The number of hydrogen-bond donors (Lipinski definition) is 1. The number of aliphatic carboxylic acids is 1. The Morgan fingerprint density at radius 1 is 1.16 bits per heavy atom. The van der Waals surface area contributed by atoms with Crippen LogP contribution in [0, 0.1) is 5.92 Å². The van der Waals surface area contributed by atoms with Crippen LogP contribution < -0.4 is 4.74 Å². The van der Waals surface area contributed by atoms with Crippen LogP contribution in [0.4, 0.5) is 0 Å². The SMILES string of the molecule is CN(C(=O)C1COc2ccccc2C1)C(Cc1ccccc1)C(=O)O. The van der Waals surface area contributed by atoms with Crippen molar-refractivity contribution in [1.82, 2.24) is 4.90 Å². The zero-order valence-electron chi connectivity index (χ0n) is 14.1. The predicted octanol–water partition coefficient (Wildman–Crippen LogP) is 2.39. The molecule has 1 amide bonds. The normalized spacial score (nSPS) is 17.1. The predicted molar refractivity (Wildman–Crippen MR) is 93.5 cm³/mol. The molecule has 0 radical (unpaired) electrons. The van der Waals surface area contributed by atoms with Crippen molar-refractivity contribution in [1.29, 1.82) is 0 Å². The van der Waals surface area contributed by atoms with Gasteiger partial charge in [0, 0.05) is 13.5 Å². The van der Waals surface area contributed by atoms with Crippen molar-refractivity contribution in [3.63, 3.8) is 0 Å². The number of likely N-dealkylation sites (N-methyl/N-ethyl adjacent to an activating group) is 1. The molecule has 2 unspecified atom stereocenters. The molecule has 130 valence electrons. The average Bonchev–Trinajstić information content (AvgIpc) is 2.65. The Hall–Kier alpha value is -2.82. The second-order valence-electron chi connectivity index (χ2n) is 6.31. The molecule has 0 aromatic heterocycles. The second-order valence-corrected chi connectivity index (χ2v) is 6.31. The summed E-state index contributed by atoms with van der Waals surface area (Å²) in [6, 6.07) is 16.1. The number of carboxylic acid groups (broad SMARTS) is 1. The molecule has 0 fully saturated rings. The molecule has 0 spiro atoms. The van der Waals surface area contributed by atoms with E-state index in [0.717, 1.165) is 16.9 Å². The first-order valence-corrected chi connectivity index (χ1v) is 8.30. The van der Waals surface area contributed by atoms with E-state index in [-0.39, 0.29) is 24.9 Å². The van der Waals surface area contributed by atoms with Crippen molar-refractivity contribution in [2.45, 2.75) is 18.9 Å². The summed E-state index contributed by atoms with van der Waals surface area (Å²) in [6.45, 7) is 0.276. The minimum absolute atomic E-state index is 0.196. The zero-order chi connectivity index (χ0) is 17.8. The Balaban J connectivity index is 1.73. The van der Waals surface area contributed by atoms with Crippen molar-refractivity contribution in [2.24, 2.45) is 5.92 Å². The van der Waals surface area contributed by atoms with Gasteiger partial charge in [-0.25, -0.2) is 4.79 Å². The van der Waals surface area contributed by atoms with Crippen LogP contribution in [0.1, 0.15) is 11.1 Å². The second kappa shape index (κ2) is 7.38. The van der Waals surface area contributed by atoms with Crippen LogP contribution in [-0.4, -0.2) is 41.6 Å². The molecule has 0 aliphatic carbocycles. The van der Waals surface area contributed by atoms with E-state index < -0.39 is 12.0 Å². The zero-order valence-corrected chi connectivity index (χ0v) is 14.1. The van der Waals surface area contributed by atoms with Gasteiger partial charge in [-0.1, -0.05) is 48.5 Å². The van der Waals surface area contributed by atoms with Crippen LogP contribution in [0.15, 0.2) is 54.6 Å². The van der Waals surface area contributed by atoms with Gasteiger partial charge in [0.2, 0.25) is 5.91 Å². The summed E-state index contributed by atoms with van der Waals surface area (Å²) >= 11 is 0. The topological polar surface area (TPSA) is 66.8 Å². The lowest BCUT2D eigenvalue weighted by Crippen LogP contribution is -2.48. The summed E-state index contributed by atoms with van der Waals surface area (Å²) in [5, 5.41) is 9.58. The first-order chi connectivity index (χ1) is 12.1. The number of amides is 1. The van der Waals surface area contributed by atoms with Gasteiger partial charge < -0.3 is 14.7 Å². The number of para-hydroxylation sites is 1. The highest BCUT2D eigenvalue weighted by molar-refractivity contribution is 5.85. The molecule has 2 aromatic carbocycles. The molecule has 0 bridgehead atoms. The Kier molecular flexibility index (Phi) is 5.03. The van der Waals surface area contributed by atoms with Gasteiger partial charge >= 0.3 is 5.97 Å². The van der Waals surface area contributed by atoms with Crippen LogP contribution in [0.5, 0.6) is 5.75 Å². The van der Waals surface area contributed by atoms with Gasteiger partial charge in [0.15, 0.2) is 0 Å². The van der Waals surface area contributed by atoms with Crippen LogP contribution in [0.25, 0.3) is 0 Å². The number of rotatable bonds is 5. The van der Waals surface area contributed by atoms with Crippen molar-refractivity contribution >= 4 is 11.9 Å². The van der Waals surface area contributed by atoms with Crippen LogP contribution >= 0.6 is 0 Å². The minimum Gasteiger partial charge on any atom is -0.492 e. The Labute approximate surface area is 146 Å². The van der Waals surface area contributed by atoms with Gasteiger partial charge in [0.05, 0.1) is 5.92 Å². The van der Waals surface area contributed by atoms with Crippen molar-refractivity contribution in [2.75, 3.05) is 13.7 Å². The van der Waals surface area contributed by atoms with E-state index >= 15 is 0 Å². The van der Waals surface area contributed by atoms with Gasteiger partial charge in [-0.3, -0.25) is 4.79 Å². The lowest BCUT2D eigenvalue weighted by Gasteiger charge is -2.31. The third kappa shape index (κ3) is 3.82. The van der Waals surface area contributed by atoms with E-state index in [2.05, 4.69) is 0 Å². The monoisotopic (exact) mass is 339 g/mol. The molecule has 25 heavy (non-hydrogen) atoms. The molecule has 1 N–H and O–H groups in total. The Morgan fingerprint density at radius 3 is 2.56 bits per heavy atom. The van der Waals surface area contributed by atoms with Crippen LogP contribution in [0.2, 0.25) is 0 Å². The van der Waals surface area contributed by atoms with E-state index in [1.54, 1.807) is 7.05 Å². The van der Waals surface area contributed by atoms with Gasteiger partial charge in [-0.05, 0) is 23.6 Å². The molecule has 0 saturated heterocycles. The highest BCUT2D eigenvalue weighted by Gasteiger charge is 2.33. The lowest BCUT2D eigenvalue weighted by atomic mass is 9.94. The molecular weight excluding hydrogens is 318 g/mol. The van der Waals surface area contributed by atoms with E-state index in [9.17, 15) is 14.7 Å². The first-order valence-electron chi connectivity index (χ1n) is 8.30. The molecular formula is C20H21NO4. The number of fused-ring (bicyclic) bond motifs is 1. The van der Waals surface area contributed by atoms with Crippen LogP contribution in [0.3, 0.4) is 0 Å². The van der Waals surface area contributed by atoms with Gasteiger partial charge in [0.25, 0.3) is 0 Å². The molecule has 1 heterocycles. The standard InChI is InChI=1S/C20H21NO4/c1-21(17(20(23)24)11-14-7-3-2-4-8-14)19(22)16-12-15-9-5-6-10-18(15)25-13-16/h2-10,16-17H,11-13H2,1H3,(H,23,24). The Bertz CT molecular complexity index is 759. The lowest BCUT2D eigenvalue weighted by molar-refractivity contribution is -0.151. The quantitative estimate of drug-likeness (QED) is 0.908. The van der Waals surface area contributed by atoms with Crippen molar-refractivity contribution in [3.05, 3.63) is 65.7 Å². The van der Waals surface area contributed by atoms with E-state index in [4.69, 9.17) is 4.74 Å². The van der Waals surface area contributed by atoms with Crippen LogP contribution in [-0.2, 0) is 22.4 Å². The fraction of sp³-hybridized carbons (Fsp3) is 0.300. The third-order valence-electron chi connectivity index (χ3n) is 4.60. The number of carbonyl (C=O) groups excluding carboxylic acids is 1. The molecule has 2 atom stereocenters. The number of nitrogens with zero attached hydrogens (tertiary/aromatic N) is 1. The highest BCUT2D eigenvalue weighted by Crippen LogP contribution is 2.28. The van der Waals surface area contributed by atoms with Crippen molar-refractivity contribution in [3.8, 4) is 5.75 Å².